The molecule has 0 bridgehead atoms. The molecule has 154 valence electrons. The molecule has 0 radical (unpaired) electrons. The highest BCUT2D eigenvalue weighted by Gasteiger charge is 2.37. The average molecular weight is 391 g/mol. The van der Waals surface area contributed by atoms with Gasteiger partial charge in [0.15, 0.2) is 0 Å². The number of aromatic nitrogens is 1. The smallest absolute Gasteiger partial charge is 0.407 e. The number of amides is 2. The molecule has 1 saturated carbocycles. The van der Waals surface area contributed by atoms with Crippen molar-refractivity contribution in [3.63, 3.8) is 0 Å². The standard InChI is InChI=1S/C19H29N5O4/c1-3-8-20-19(26)28-14-6-4-12(9-14)15-10-16(24-23-15)22-18(25)13-5-7-17(27-2)21-11-13/h5,7,11-12,14-16,23-24H,3-4,6,8-10H2,1-2H3,(H,20,26)(H,22,25)/t12-,14+,15?,16?/m0/s1. The quantitative estimate of drug-likeness (QED) is 0.554. The lowest BCUT2D eigenvalue weighted by molar-refractivity contribution is 0.0927. The first-order valence-electron chi connectivity index (χ1n) is 9.85. The normalized spacial score (nSPS) is 26.6. The van der Waals surface area contributed by atoms with Gasteiger partial charge in [0.2, 0.25) is 5.88 Å². The summed E-state index contributed by atoms with van der Waals surface area (Å²) in [6, 6.07) is 3.57. The van der Waals surface area contributed by atoms with Gasteiger partial charge in [-0.05, 0) is 44.1 Å². The van der Waals surface area contributed by atoms with E-state index >= 15 is 0 Å². The highest BCUT2D eigenvalue weighted by molar-refractivity contribution is 5.94. The Bertz CT molecular complexity index is 669. The molecule has 2 amide bonds. The van der Waals surface area contributed by atoms with Crippen molar-refractivity contribution in [1.29, 1.82) is 0 Å². The fraction of sp³-hybridized carbons (Fsp3) is 0.632. The van der Waals surface area contributed by atoms with Crippen LogP contribution in [0.4, 0.5) is 4.79 Å². The van der Waals surface area contributed by atoms with Crippen LogP contribution in [0.1, 0.15) is 49.4 Å². The fourth-order valence-electron chi connectivity index (χ4n) is 3.73. The predicted molar refractivity (Wildman–Crippen MR) is 103 cm³/mol. The van der Waals surface area contributed by atoms with Gasteiger partial charge in [0.05, 0.1) is 18.8 Å². The molecule has 0 aromatic carbocycles. The number of hydrazine groups is 1. The Morgan fingerprint density at radius 3 is 2.82 bits per heavy atom. The zero-order chi connectivity index (χ0) is 19.9. The van der Waals surface area contributed by atoms with Crippen LogP contribution in [-0.2, 0) is 4.74 Å². The molecule has 2 fully saturated rings. The summed E-state index contributed by atoms with van der Waals surface area (Å²) in [6.07, 6.45) is 5.33. The van der Waals surface area contributed by atoms with Crippen LogP contribution in [0, 0.1) is 5.92 Å². The highest BCUT2D eigenvalue weighted by atomic mass is 16.6. The number of methoxy groups -OCH3 is 1. The lowest BCUT2D eigenvalue weighted by Crippen LogP contribution is -2.44. The molecular weight excluding hydrogens is 362 g/mol. The van der Waals surface area contributed by atoms with Crippen LogP contribution in [-0.4, -0.2) is 49.0 Å². The van der Waals surface area contributed by atoms with Crippen LogP contribution >= 0.6 is 0 Å². The Hall–Kier alpha value is -2.39. The maximum absolute atomic E-state index is 12.4. The van der Waals surface area contributed by atoms with E-state index in [0.717, 1.165) is 32.1 Å². The minimum Gasteiger partial charge on any atom is -0.481 e. The molecule has 1 saturated heterocycles. The van der Waals surface area contributed by atoms with Crippen molar-refractivity contribution in [1.82, 2.24) is 26.5 Å². The predicted octanol–water partition coefficient (Wildman–Crippen LogP) is 1.32. The number of ether oxygens (including phenoxy) is 2. The Morgan fingerprint density at radius 2 is 2.11 bits per heavy atom. The highest BCUT2D eigenvalue weighted by Crippen LogP contribution is 2.32. The first-order valence-corrected chi connectivity index (χ1v) is 9.85. The lowest BCUT2D eigenvalue weighted by atomic mass is 9.96. The van der Waals surface area contributed by atoms with Gasteiger partial charge in [0, 0.05) is 24.8 Å². The second kappa shape index (κ2) is 9.70. The molecule has 1 aromatic rings. The second-order valence-electron chi connectivity index (χ2n) is 7.27. The maximum Gasteiger partial charge on any atom is 0.407 e. The molecule has 4 N–H and O–H groups in total. The zero-order valence-corrected chi connectivity index (χ0v) is 16.4. The fourth-order valence-corrected chi connectivity index (χ4v) is 3.73. The molecule has 2 aliphatic rings. The monoisotopic (exact) mass is 391 g/mol. The Morgan fingerprint density at radius 1 is 1.25 bits per heavy atom. The van der Waals surface area contributed by atoms with E-state index in [1.807, 2.05) is 6.92 Å². The zero-order valence-electron chi connectivity index (χ0n) is 16.4. The maximum atomic E-state index is 12.4. The third kappa shape index (κ3) is 5.32. The topological polar surface area (TPSA) is 114 Å². The van der Waals surface area contributed by atoms with E-state index < -0.39 is 0 Å². The molecule has 3 rings (SSSR count). The van der Waals surface area contributed by atoms with E-state index in [9.17, 15) is 9.59 Å². The van der Waals surface area contributed by atoms with Gasteiger partial charge >= 0.3 is 6.09 Å². The Balaban J connectivity index is 1.42. The van der Waals surface area contributed by atoms with Gasteiger partial charge < -0.3 is 20.1 Å². The van der Waals surface area contributed by atoms with E-state index in [-0.39, 0.29) is 30.3 Å². The van der Waals surface area contributed by atoms with E-state index in [0.29, 0.717) is 23.9 Å². The van der Waals surface area contributed by atoms with Crippen LogP contribution in [0.2, 0.25) is 0 Å². The molecule has 28 heavy (non-hydrogen) atoms. The summed E-state index contributed by atoms with van der Waals surface area (Å²) >= 11 is 0. The van der Waals surface area contributed by atoms with Crippen molar-refractivity contribution in [2.45, 2.75) is 57.3 Å². The van der Waals surface area contributed by atoms with Crippen molar-refractivity contribution < 1.29 is 19.1 Å². The lowest BCUT2D eigenvalue weighted by Gasteiger charge is -2.18. The summed E-state index contributed by atoms with van der Waals surface area (Å²) in [5.41, 5.74) is 6.90. The van der Waals surface area contributed by atoms with Crippen molar-refractivity contribution in [2.75, 3.05) is 13.7 Å². The summed E-state index contributed by atoms with van der Waals surface area (Å²) in [4.78, 5) is 28.1. The van der Waals surface area contributed by atoms with Gasteiger partial charge in [-0.3, -0.25) is 10.2 Å². The second-order valence-corrected chi connectivity index (χ2v) is 7.27. The van der Waals surface area contributed by atoms with E-state index in [4.69, 9.17) is 9.47 Å². The molecule has 0 spiro atoms. The minimum atomic E-state index is -0.330. The number of nitrogens with zero attached hydrogens (tertiary/aromatic N) is 1. The van der Waals surface area contributed by atoms with Crippen molar-refractivity contribution in [3.05, 3.63) is 23.9 Å². The molecule has 2 unspecified atom stereocenters. The number of carbonyl (C=O) groups is 2. The van der Waals surface area contributed by atoms with Gasteiger partial charge in [-0.25, -0.2) is 15.2 Å². The molecular formula is C19H29N5O4. The first kappa shape index (κ1) is 20.3. The molecule has 1 aliphatic carbocycles. The molecule has 1 aliphatic heterocycles. The van der Waals surface area contributed by atoms with Gasteiger partial charge in [-0.15, -0.1) is 0 Å². The van der Waals surface area contributed by atoms with E-state index in [2.05, 4.69) is 26.5 Å². The summed E-state index contributed by atoms with van der Waals surface area (Å²) < 4.78 is 10.5. The molecule has 9 heteroatoms. The Kier molecular flexibility index (Phi) is 7.05. The van der Waals surface area contributed by atoms with Crippen LogP contribution in [0.25, 0.3) is 0 Å². The average Bonchev–Trinajstić information content (AvgIpc) is 3.36. The number of pyridine rings is 1. The van der Waals surface area contributed by atoms with Gasteiger partial charge in [-0.1, -0.05) is 6.92 Å². The summed E-state index contributed by atoms with van der Waals surface area (Å²) in [6.45, 7) is 2.64. The number of hydrogen-bond acceptors (Lipinski definition) is 7. The van der Waals surface area contributed by atoms with Gasteiger partial charge in [-0.2, -0.15) is 0 Å². The molecule has 9 nitrogen and oxygen atoms in total. The van der Waals surface area contributed by atoms with Gasteiger partial charge in [0.1, 0.15) is 6.10 Å². The van der Waals surface area contributed by atoms with Crippen LogP contribution < -0.4 is 26.2 Å². The SMILES string of the molecule is CCCNC(=O)O[C@@H]1CC[C@H](C2CC(NC(=O)c3ccc(OC)nc3)NN2)C1. The number of nitrogens with one attached hydrogen (secondary N) is 4. The molecule has 4 atom stereocenters. The van der Waals surface area contributed by atoms with Crippen LogP contribution in [0.15, 0.2) is 18.3 Å². The Labute approximate surface area is 164 Å². The molecule has 2 heterocycles. The van der Waals surface area contributed by atoms with E-state index in [1.165, 1.54) is 13.3 Å². The summed E-state index contributed by atoms with van der Waals surface area (Å²) in [5.74, 6) is 0.690. The van der Waals surface area contributed by atoms with Crippen molar-refractivity contribution in [2.24, 2.45) is 5.92 Å². The van der Waals surface area contributed by atoms with Crippen molar-refractivity contribution >= 4 is 12.0 Å². The first-order chi connectivity index (χ1) is 13.6. The number of hydrogen-bond donors (Lipinski definition) is 4. The summed E-state index contributed by atoms with van der Waals surface area (Å²) in [7, 11) is 1.53. The third-order valence-corrected chi connectivity index (χ3v) is 5.23. The number of alkyl carbamates (subject to hydrolysis) is 1. The van der Waals surface area contributed by atoms with Crippen molar-refractivity contribution in [3.8, 4) is 5.88 Å². The summed E-state index contributed by atoms with van der Waals surface area (Å²) in [5, 5.41) is 5.71. The third-order valence-electron chi connectivity index (χ3n) is 5.23. The number of rotatable bonds is 7. The van der Waals surface area contributed by atoms with E-state index in [1.54, 1.807) is 12.1 Å². The van der Waals surface area contributed by atoms with Crippen LogP contribution in [0.5, 0.6) is 5.88 Å². The minimum absolute atomic E-state index is 0.0392. The molecule has 1 aromatic heterocycles. The van der Waals surface area contributed by atoms with Gasteiger partial charge in [0.25, 0.3) is 5.91 Å². The number of carbonyl (C=O) groups excluding carboxylic acids is 2. The van der Waals surface area contributed by atoms with Crippen LogP contribution in [0.3, 0.4) is 0 Å². The largest absolute Gasteiger partial charge is 0.481 e.